The number of hydrogen-bond acceptors (Lipinski definition) is 3. The van der Waals surface area contributed by atoms with Gasteiger partial charge in [0.25, 0.3) is 9.05 Å². The minimum atomic E-state index is -3.82. The summed E-state index contributed by atoms with van der Waals surface area (Å²) in [4.78, 5) is -0.0409. The highest BCUT2D eigenvalue weighted by molar-refractivity contribution is 9.10. The average Bonchev–Trinajstić information content (AvgIpc) is 2.15. The van der Waals surface area contributed by atoms with Gasteiger partial charge in [-0.1, -0.05) is 15.9 Å². The van der Waals surface area contributed by atoms with Crippen LogP contribution >= 0.6 is 42.5 Å². The lowest BCUT2D eigenvalue weighted by Gasteiger charge is -2.05. The Morgan fingerprint density at radius 2 is 2.07 bits per heavy atom. The van der Waals surface area contributed by atoms with Crippen molar-refractivity contribution in [2.75, 3.05) is 0 Å². The maximum absolute atomic E-state index is 11.2. The summed E-state index contributed by atoms with van der Waals surface area (Å²) in [6.45, 7) is 0. The molecule has 0 saturated heterocycles. The van der Waals surface area contributed by atoms with E-state index in [0.717, 1.165) is 0 Å². The summed E-state index contributed by atoms with van der Waals surface area (Å²) in [6.07, 6.45) is 0. The van der Waals surface area contributed by atoms with E-state index in [1.165, 1.54) is 6.07 Å². The molecule has 0 radical (unpaired) electrons. The molecule has 3 nitrogen and oxygen atoms in total. The van der Waals surface area contributed by atoms with Crippen LogP contribution in [0.15, 0.2) is 21.5 Å². The van der Waals surface area contributed by atoms with Crippen molar-refractivity contribution in [1.29, 1.82) is 5.26 Å². The lowest BCUT2D eigenvalue weighted by Crippen LogP contribution is -1.98. The largest absolute Gasteiger partial charge is 0.261 e. The van der Waals surface area contributed by atoms with Crippen LogP contribution in [0.4, 0.5) is 0 Å². The summed E-state index contributed by atoms with van der Waals surface area (Å²) >= 11 is 6.32. The lowest BCUT2D eigenvalue weighted by molar-refractivity contribution is 0.609. The molecule has 0 aromatic heterocycles. The van der Waals surface area contributed by atoms with Crippen molar-refractivity contribution in [2.45, 2.75) is 10.2 Å². The third-order valence-electron chi connectivity index (χ3n) is 1.68. The molecule has 1 aromatic rings. The standard InChI is InChI=1S/C8H4Br2ClNO2S/c9-3-5-1-7(10)6(4-12)2-8(5)15(11,13)14/h1-2H,3H2. The fraction of sp³-hybridized carbons (Fsp3) is 0.125. The van der Waals surface area contributed by atoms with Gasteiger partial charge in [-0.05, 0) is 33.6 Å². The van der Waals surface area contributed by atoms with Gasteiger partial charge in [-0.25, -0.2) is 8.42 Å². The first-order valence-electron chi connectivity index (χ1n) is 3.63. The Morgan fingerprint density at radius 1 is 1.47 bits per heavy atom. The first-order chi connectivity index (χ1) is 6.90. The molecule has 0 aliphatic heterocycles. The van der Waals surface area contributed by atoms with E-state index in [-0.39, 0.29) is 10.5 Å². The fourth-order valence-corrected chi connectivity index (χ4v) is 3.27. The zero-order valence-electron chi connectivity index (χ0n) is 7.17. The van der Waals surface area contributed by atoms with Crippen LogP contribution in [0.25, 0.3) is 0 Å². The molecule has 0 bridgehead atoms. The van der Waals surface area contributed by atoms with Gasteiger partial charge in [0.2, 0.25) is 0 Å². The first-order valence-corrected chi connectivity index (χ1v) is 7.85. The van der Waals surface area contributed by atoms with Crippen LogP contribution in [-0.2, 0) is 14.4 Å². The van der Waals surface area contributed by atoms with Gasteiger partial charge >= 0.3 is 0 Å². The number of nitriles is 1. The van der Waals surface area contributed by atoms with E-state index in [1.54, 1.807) is 6.07 Å². The fourth-order valence-electron chi connectivity index (χ4n) is 1.01. The van der Waals surface area contributed by atoms with E-state index in [9.17, 15) is 8.42 Å². The molecule has 1 aromatic carbocycles. The normalized spacial score (nSPS) is 11.1. The quantitative estimate of drug-likeness (QED) is 0.591. The van der Waals surface area contributed by atoms with Crippen molar-refractivity contribution < 1.29 is 8.42 Å². The van der Waals surface area contributed by atoms with E-state index in [1.807, 2.05) is 6.07 Å². The summed E-state index contributed by atoms with van der Waals surface area (Å²) in [6, 6.07) is 4.68. The van der Waals surface area contributed by atoms with Crippen molar-refractivity contribution in [1.82, 2.24) is 0 Å². The second kappa shape index (κ2) is 4.83. The SMILES string of the molecule is N#Cc1cc(S(=O)(=O)Cl)c(CBr)cc1Br. The molecule has 0 amide bonds. The highest BCUT2D eigenvalue weighted by Gasteiger charge is 2.17. The predicted molar refractivity (Wildman–Crippen MR) is 64.5 cm³/mol. The average molecular weight is 373 g/mol. The highest BCUT2D eigenvalue weighted by atomic mass is 79.9. The van der Waals surface area contributed by atoms with Crippen molar-refractivity contribution in [3.63, 3.8) is 0 Å². The van der Waals surface area contributed by atoms with Crippen LogP contribution in [0.1, 0.15) is 11.1 Å². The molecule has 0 saturated carbocycles. The summed E-state index contributed by atoms with van der Waals surface area (Å²) in [5, 5.41) is 9.09. The number of halogens is 3. The van der Waals surface area contributed by atoms with E-state index >= 15 is 0 Å². The van der Waals surface area contributed by atoms with Crippen LogP contribution in [0.5, 0.6) is 0 Å². The van der Waals surface area contributed by atoms with Gasteiger partial charge in [0, 0.05) is 20.5 Å². The number of nitrogens with zero attached hydrogens (tertiary/aromatic N) is 1. The molecule has 0 aliphatic carbocycles. The Labute approximate surface area is 109 Å². The predicted octanol–water partition coefficient (Wildman–Crippen LogP) is 3.14. The molecule has 0 heterocycles. The van der Waals surface area contributed by atoms with Gasteiger partial charge in [0.05, 0.1) is 10.5 Å². The Morgan fingerprint density at radius 3 is 2.47 bits per heavy atom. The van der Waals surface area contributed by atoms with Gasteiger partial charge in [-0.3, -0.25) is 0 Å². The van der Waals surface area contributed by atoms with Crippen LogP contribution in [0, 0.1) is 11.3 Å². The third kappa shape index (κ3) is 2.94. The molecule has 0 aliphatic rings. The third-order valence-corrected chi connectivity index (χ3v) is 4.34. The van der Waals surface area contributed by atoms with E-state index in [0.29, 0.717) is 15.4 Å². The first kappa shape index (κ1) is 13.0. The number of rotatable bonds is 2. The molecule has 15 heavy (non-hydrogen) atoms. The van der Waals surface area contributed by atoms with Gasteiger partial charge in [-0.2, -0.15) is 5.26 Å². The Hall–Kier alpha value is -0.0900. The minimum absolute atomic E-state index is 0.0409. The second-order valence-corrected chi connectivity index (χ2v) is 6.57. The van der Waals surface area contributed by atoms with Gasteiger partial charge in [-0.15, -0.1) is 0 Å². The van der Waals surface area contributed by atoms with Crippen molar-refractivity contribution >= 4 is 51.6 Å². The van der Waals surface area contributed by atoms with Gasteiger partial charge in [0.15, 0.2) is 0 Å². The summed E-state index contributed by atoms with van der Waals surface area (Å²) in [5.74, 6) is 0. The molecular formula is C8H4Br2ClNO2S. The molecule has 7 heteroatoms. The topological polar surface area (TPSA) is 57.9 Å². The molecule has 0 spiro atoms. The monoisotopic (exact) mass is 371 g/mol. The van der Waals surface area contributed by atoms with Crippen LogP contribution in [-0.4, -0.2) is 8.42 Å². The zero-order chi connectivity index (χ0) is 11.6. The van der Waals surface area contributed by atoms with Crippen molar-refractivity contribution in [2.24, 2.45) is 0 Å². The second-order valence-electron chi connectivity index (χ2n) is 2.62. The van der Waals surface area contributed by atoms with Crippen molar-refractivity contribution in [3.05, 3.63) is 27.7 Å². The molecule has 0 fully saturated rings. The van der Waals surface area contributed by atoms with Gasteiger partial charge < -0.3 is 0 Å². The van der Waals surface area contributed by atoms with Crippen LogP contribution in [0.3, 0.4) is 0 Å². The Kier molecular flexibility index (Phi) is 4.18. The molecule has 80 valence electrons. The molecule has 1 rings (SSSR count). The summed E-state index contributed by atoms with van der Waals surface area (Å²) < 4.78 is 23.0. The summed E-state index contributed by atoms with van der Waals surface area (Å²) in [5.41, 5.74) is 0.745. The minimum Gasteiger partial charge on any atom is -0.207 e. The van der Waals surface area contributed by atoms with E-state index in [2.05, 4.69) is 31.9 Å². The highest BCUT2D eigenvalue weighted by Crippen LogP contribution is 2.28. The number of benzene rings is 1. The number of alkyl halides is 1. The van der Waals surface area contributed by atoms with Crippen LogP contribution < -0.4 is 0 Å². The molecule has 0 N–H and O–H groups in total. The molecular weight excluding hydrogens is 369 g/mol. The smallest absolute Gasteiger partial charge is 0.207 e. The molecule has 0 atom stereocenters. The lowest BCUT2D eigenvalue weighted by atomic mass is 10.2. The van der Waals surface area contributed by atoms with E-state index < -0.39 is 9.05 Å². The zero-order valence-corrected chi connectivity index (χ0v) is 11.9. The maximum atomic E-state index is 11.2. The number of hydrogen-bond donors (Lipinski definition) is 0. The maximum Gasteiger partial charge on any atom is 0.261 e. The van der Waals surface area contributed by atoms with Gasteiger partial charge in [0.1, 0.15) is 6.07 Å². The van der Waals surface area contributed by atoms with E-state index in [4.69, 9.17) is 15.9 Å². The van der Waals surface area contributed by atoms with Crippen molar-refractivity contribution in [3.8, 4) is 6.07 Å². The Balaban J connectivity index is 3.59. The Bertz CT molecular complexity index is 536. The molecule has 0 unspecified atom stereocenters. The summed E-state index contributed by atoms with van der Waals surface area (Å²) in [7, 11) is 1.43. The van der Waals surface area contributed by atoms with Crippen LogP contribution in [0.2, 0.25) is 0 Å².